The molecular weight excluding hydrogens is 342 g/mol. The molecule has 0 amide bonds. The lowest BCUT2D eigenvalue weighted by Gasteiger charge is -2.19. The molecule has 1 aromatic heterocycles. The van der Waals surface area contributed by atoms with Crippen LogP contribution in [0.2, 0.25) is 0 Å². The number of methoxy groups -OCH3 is 1. The van der Waals surface area contributed by atoms with Crippen LogP contribution < -0.4 is 4.74 Å². The SMILES string of the molecule is COC(=O)C1=CC(C)(C)c2c1c1ccccc1n2C(=O)Oc1ccccc1. The summed E-state index contributed by atoms with van der Waals surface area (Å²) < 4.78 is 12.1. The number of fused-ring (bicyclic) bond motifs is 3. The van der Waals surface area contributed by atoms with Gasteiger partial charge in [0.25, 0.3) is 0 Å². The predicted octanol–water partition coefficient (Wildman–Crippen LogP) is 4.54. The molecule has 3 aromatic rings. The van der Waals surface area contributed by atoms with E-state index in [0.717, 1.165) is 16.6 Å². The lowest BCUT2D eigenvalue weighted by molar-refractivity contribution is -0.133. The Morgan fingerprint density at radius 2 is 1.63 bits per heavy atom. The molecule has 5 heteroatoms. The molecule has 0 spiro atoms. The second-order valence-corrected chi connectivity index (χ2v) is 7.03. The van der Waals surface area contributed by atoms with Gasteiger partial charge in [0.05, 0.1) is 18.2 Å². The first-order valence-corrected chi connectivity index (χ1v) is 8.67. The normalized spacial score (nSPS) is 14.6. The van der Waals surface area contributed by atoms with Crippen LogP contribution in [0.15, 0.2) is 60.7 Å². The van der Waals surface area contributed by atoms with Crippen LogP contribution in [0.3, 0.4) is 0 Å². The van der Waals surface area contributed by atoms with Gasteiger partial charge in [-0.05, 0) is 18.2 Å². The number of benzene rings is 2. The Kier molecular flexibility index (Phi) is 3.88. The number of carbonyl (C=O) groups excluding carboxylic acids is 2. The monoisotopic (exact) mass is 361 g/mol. The van der Waals surface area contributed by atoms with Gasteiger partial charge in [-0.3, -0.25) is 0 Å². The highest BCUT2D eigenvalue weighted by Gasteiger charge is 2.40. The van der Waals surface area contributed by atoms with Gasteiger partial charge in [0.2, 0.25) is 0 Å². The molecule has 136 valence electrons. The molecular formula is C22H19NO4. The van der Waals surface area contributed by atoms with Crippen molar-refractivity contribution in [3.8, 4) is 5.75 Å². The number of para-hydroxylation sites is 2. The molecule has 1 aliphatic carbocycles. The molecule has 0 unspecified atom stereocenters. The van der Waals surface area contributed by atoms with Crippen LogP contribution in [0.5, 0.6) is 5.75 Å². The highest BCUT2D eigenvalue weighted by atomic mass is 16.6. The Labute approximate surface area is 156 Å². The molecule has 0 atom stereocenters. The highest BCUT2D eigenvalue weighted by molar-refractivity contribution is 6.23. The second-order valence-electron chi connectivity index (χ2n) is 7.03. The number of nitrogens with zero attached hydrogens (tertiary/aromatic N) is 1. The first-order valence-electron chi connectivity index (χ1n) is 8.67. The fraction of sp³-hybridized carbons (Fsp3) is 0.182. The lowest BCUT2D eigenvalue weighted by Crippen LogP contribution is -2.25. The first-order chi connectivity index (χ1) is 12.9. The van der Waals surface area contributed by atoms with Crippen molar-refractivity contribution in [3.05, 3.63) is 71.9 Å². The summed E-state index contributed by atoms with van der Waals surface area (Å²) >= 11 is 0. The molecule has 0 fully saturated rings. The van der Waals surface area contributed by atoms with E-state index in [9.17, 15) is 9.59 Å². The average molecular weight is 361 g/mol. The second kappa shape index (κ2) is 6.13. The summed E-state index contributed by atoms with van der Waals surface area (Å²) in [5.41, 5.74) is 2.09. The van der Waals surface area contributed by atoms with Crippen LogP contribution in [0.1, 0.15) is 25.1 Å². The molecule has 0 saturated heterocycles. The topological polar surface area (TPSA) is 57.5 Å². The Bertz CT molecular complexity index is 1090. The fourth-order valence-electron chi connectivity index (χ4n) is 3.72. The molecule has 5 nitrogen and oxygen atoms in total. The number of esters is 1. The Balaban J connectivity index is 1.94. The molecule has 0 N–H and O–H groups in total. The third-order valence-electron chi connectivity index (χ3n) is 4.80. The minimum atomic E-state index is -0.534. The number of hydrogen-bond acceptors (Lipinski definition) is 4. The maximum absolute atomic E-state index is 13.1. The van der Waals surface area contributed by atoms with E-state index in [1.54, 1.807) is 16.7 Å². The number of hydrogen-bond donors (Lipinski definition) is 0. The summed E-state index contributed by atoms with van der Waals surface area (Å²) in [4.78, 5) is 25.4. The van der Waals surface area contributed by atoms with Gasteiger partial charge in [0.15, 0.2) is 0 Å². The Morgan fingerprint density at radius 1 is 0.963 bits per heavy atom. The average Bonchev–Trinajstić information content (AvgIpc) is 3.15. The first kappa shape index (κ1) is 17.1. The summed E-state index contributed by atoms with van der Waals surface area (Å²) in [5.74, 6) is 0.0483. The van der Waals surface area contributed by atoms with Crippen molar-refractivity contribution in [2.24, 2.45) is 0 Å². The zero-order valence-corrected chi connectivity index (χ0v) is 15.4. The standard InChI is InChI=1S/C22H19NO4/c1-22(2)13-16(20(24)26-3)18-15-11-7-8-12-17(15)23(19(18)22)21(25)27-14-9-5-4-6-10-14/h4-13H,1-3H3. The zero-order valence-electron chi connectivity index (χ0n) is 15.4. The van der Waals surface area contributed by atoms with E-state index >= 15 is 0 Å². The highest BCUT2D eigenvalue weighted by Crippen LogP contribution is 2.46. The summed E-state index contributed by atoms with van der Waals surface area (Å²) in [7, 11) is 1.36. The third-order valence-corrected chi connectivity index (χ3v) is 4.80. The van der Waals surface area contributed by atoms with Crippen LogP contribution in [0.4, 0.5) is 4.79 Å². The smallest absolute Gasteiger partial charge is 0.424 e. The number of aromatic nitrogens is 1. The minimum absolute atomic E-state index is 0.416. The van der Waals surface area contributed by atoms with E-state index < -0.39 is 17.5 Å². The van der Waals surface area contributed by atoms with Crippen molar-refractivity contribution in [1.82, 2.24) is 4.57 Å². The van der Waals surface area contributed by atoms with Crippen LogP contribution in [-0.4, -0.2) is 23.7 Å². The summed E-state index contributed by atoms with van der Waals surface area (Å²) in [6.07, 6.45) is 1.34. The Hall–Kier alpha value is -3.34. The molecule has 0 radical (unpaired) electrons. The number of carbonyl (C=O) groups is 2. The third kappa shape index (κ3) is 2.63. The van der Waals surface area contributed by atoms with Crippen molar-refractivity contribution in [2.45, 2.75) is 19.3 Å². The van der Waals surface area contributed by atoms with Crippen LogP contribution in [0.25, 0.3) is 16.5 Å². The number of rotatable bonds is 2. The van der Waals surface area contributed by atoms with E-state index in [-0.39, 0.29) is 0 Å². The van der Waals surface area contributed by atoms with Gasteiger partial charge < -0.3 is 9.47 Å². The van der Waals surface area contributed by atoms with Gasteiger partial charge in [-0.25, -0.2) is 14.2 Å². The van der Waals surface area contributed by atoms with Crippen molar-refractivity contribution in [3.63, 3.8) is 0 Å². The summed E-state index contributed by atoms with van der Waals surface area (Å²) in [6.45, 7) is 3.93. The van der Waals surface area contributed by atoms with Crippen LogP contribution in [-0.2, 0) is 14.9 Å². The molecule has 0 saturated carbocycles. The van der Waals surface area contributed by atoms with E-state index in [4.69, 9.17) is 9.47 Å². The van der Waals surface area contributed by atoms with E-state index in [2.05, 4.69) is 0 Å². The number of allylic oxidation sites excluding steroid dienone is 1. The Morgan fingerprint density at radius 3 is 2.33 bits per heavy atom. The van der Waals surface area contributed by atoms with E-state index in [0.29, 0.717) is 16.8 Å². The molecule has 27 heavy (non-hydrogen) atoms. The van der Waals surface area contributed by atoms with Gasteiger partial charge >= 0.3 is 12.1 Å². The molecule has 0 aliphatic heterocycles. The summed E-state index contributed by atoms with van der Waals surface area (Å²) in [5, 5.41) is 0.819. The fourth-order valence-corrected chi connectivity index (χ4v) is 3.72. The predicted molar refractivity (Wildman–Crippen MR) is 103 cm³/mol. The quantitative estimate of drug-likeness (QED) is 0.629. The molecule has 1 aliphatic rings. The van der Waals surface area contributed by atoms with Gasteiger partial charge in [-0.2, -0.15) is 0 Å². The molecule has 1 heterocycles. The maximum atomic E-state index is 13.1. The number of ether oxygens (including phenoxy) is 2. The van der Waals surface area contributed by atoms with E-state index in [1.165, 1.54) is 7.11 Å². The van der Waals surface area contributed by atoms with Crippen LogP contribution >= 0.6 is 0 Å². The van der Waals surface area contributed by atoms with Crippen molar-refractivity contribution < 1.29 is 19.1 Å². The van der Waals surface area contributed by atoms with E-state index in [1.807, 2.05) is 62.4 Å². The van der Waals surface area contributed by atoms with Crippen molar-refractivity contribution in [1.29, 1.82) is 0 Å². The lowest BCUT2D eigenvalue weighted by atomic mass is 9.92. The molecule has 2 aromatic carbocycles. The van der Waals surface area contributed by atoms with Crippen molar-refractivity contribution in [2.75, 3.05) is 7.11 Å². The molecule has 0 bridgehead atoms. The van der Waals surface area contributed by atoms with Gasteiger partial charge in [-0.1, -0.05) is 56.3 Å². The molecule has 4 rings (SSSR count). The van der Waals surface area contributed by atoms with Gasteiger partial charge in [-0.15, -0.1) is 0 Å². The summed E-state index contributed by atoms with van der Waals surface area (Å²) in [6, 6.07) is 16.4. The van der Waals surface area contributed by atoms with Crippen LogP contribution in [0, 0.1) is 0 Å². The maximum Gasteiger partial charge on any atom is 0.424 e. The zero-order chi connectivity index (χ0) is 19.2. The minimum Gasteiger partial charge on any atom is -0.465 e. The van der Waals surface area contributed by atoms with Crippen molar-refractivity contribution >= 4 is 28.5 Å². The largest absolute Gasteiger partial charge is 0.465 e. The van der Waals surface area contributed by atoms with Gasteiger partial charge in [0, 0.05) is 22.1 Å². The van der Waals surface area contributed by atoms with Gasteiger partial charge in [0.1, 0.15) is 5.75 Å².